The Morgan fingerprint density at radius 3 is 2.59 bits per heavy atom. The standard InChI is InChI=1S/C22H26N4O3/c1-4-17-8-5-9-18(14-17)25-21(27)16-24-22(23-2)26-19-10-6-11-20(15-19)29-13-7-12-28-3/h1,5-6,8-11,14-15H,7,12-13,16H2,2-3H3,(H,25,27)(H2,23,24,26). The minimum Gasteiger partial charge on any atom is -0.493 e. The molecule has 0 saturated heterocycles. The van der Waals surface area contributed by atoms with Crippen LogP contribution in [0.5, 0.6) is 5.75 Å². The van der Waals surface area contributed by atoms with Gasteiger partial charge in [0.05, 0.1) is 13.2 Å². The Labute approximate surface area is 171 Å². The SMILES string of the molecule is C#Cc1cccc(NC(=O)CNC(=NC)Nc2cccc(OCCCOC)c2)c1. The second-order valence-corrected chi connectivity index (χ2v) is 6.05. The largest absolute Gasteiger partial charge is 0.493 e. The number of anilines is 2. The van der Waals surface area contributed by atoms with E-state index in [-0.39, 0.29) is 12.5 Å². The number of amides is 1. The van der Waals surface area contributed by atoms with Gasteiger partial charge in [-0.05, 0) is 30.3 Å². The highest BCUT2D eigenvalue weighted by Crippen LogP contribution is 2.17. The fourth-order valence-corrected chi connectivity index (χ4v) is 2.43. The first-order valence-corrected chi connectivity index (χ1v) is 9.20. The van der Waals surface area contributed by atoms with E-state index in [0.717, 1.165) is 17.9 Å². The molecule has 152 valence electrons. The highest BCUT2D eigenvalue weighted by atomic mass is 16.5. The average molecular weight is 394 g/mol. The van der Waals surface area contributed by atoms with Crippen LogP contribution in [0.25, 0.3) is 0 Å². The van der Waals surface area contributed by atoms with E-state index in [9.17, 15) is 4.79 Å². The van der Waals surface area contributed by atoms with Gasteiger partial charge in [0.1, 0.15) is 5.75 Å². The predicted octanol–water partition coefficient (Wildman–Crippen LogP) is 2.71. The van der Waals surface area contributed by atoms with E-state index in [0.29, 0.717) is 30.4 Å². The zero-order chi connectivity index (χ0) is 20.9. The Balaban J connectivity index is 1.84. The van der Waals surface area contributed by atoms with Crippen LogP contribution in [0, 0.1) is 12.3 Å². The third-order valence-electron chi connectivity index (χ3n) is 3.81. The number of hydrogen-bond acceptors (Lipinski definition) is 4. The van der Waals surface area contributed by atoms with Crippen LogP contribution >= 0.6 is 0 Å². The predicted molar refractivity (Wildman–Crippen MR) is 116 cm³/mol. The fraction of sp³-hybridized carbons (Fsp3) is 0.273. The van der Waals surface area contributed by atoms with Gasteiger partial charge in [-0.2, -0.15) is 0 Å². The van der Waals surface area contributed by atoms with Crippen LogP contribution in [0.1, 0.15) is 12.0 Å². The van der Waals surface area contributed by atoms with Crippen LogP contribution in [0.15, 0.2) is 53.5 Å². The van der Waals surface area contributed by atoms with Crippen molar-refractivity contribution in [3.63, 3.8) is 0 Å². The van der Waals surface area contributed by atoms with Crippen molar-refractivity contribution in [1.29, 1.82) is 0 Å². The van der Waals surface area contributed by atoms with Crippen LogP contribution in [0.4, 0.5) is 11.4 Å². The Kier molecular flexibility index (Phi) is 9.06. The summed E-state index contributed by atoms with van der Waals surface area (Å²) < 4.78 is 10.7. The molecule has 0 spiro atoms. The van der Waals surface area contributed by atoms with E-state index in [1.54, 1.807) is 38.4 Å². The highest BCUT2D eigenvalue weighted by Gasteiger charge is 2.06. The number of methoxy groups -OCH3 is 1. The number of nitrogens with zero attached hydrogens (tertiary/aromatic N) is 1. The first-order chi connectivity index (χ1) is 14.1. The lowest BCUT2D eigenvalue weighted by molar-refractivity contribution is -0.115. The molecule has 0 aromatic heterocycles. The lowest BCUT2D eigenvalue weighted by Gasteiger charge is -2.13. The molecule has 0 heterocycles. The second kappa shape index (κ2) is 12.1. The normalized spacial score (nSPS) is 10.7. The molecular formula is C22H26N4O3. The molecule has 0 bridgehead atoms. The molecule has 0 aliphatic carbocycles. The van der Waals surface area contributed by atoms with Crippen molar-refractivity contribution < 1.29 is 14.3 Å². The lowest BCUT2D eigenvalue weighted by Crippen LogP contribution is -2.37. The van der Waals surface area contributed by atoms with E-state index in [1.165, 1.54) is 0 Å². The van der Waals surface area contributed by atoms with Crippen LogP contribution < -0.4 is 20.7 Å². The number of guanidine groups is 1. The molecule has 0 saturated carbocycles. The first kappa shape index (κ1) is 21.8. The molecule has 3 N–H and O–H groups in total. The van der Waals surface area contributed by atoms with E-state index in [2.05, 4.69) is 26.9 Å². The molecule has 1 amide bonds. The molecule has 7 nitrogen and oxygen atoms in total. The Morgan fingerprint density at radius 2 is 1.86 bits per heavy atom. The number of carbonyl (C=O) groups excluding carboxylic acids is 1. The maximum atomic E-state index is 12.2. The van der Waals surface area contributed by atoms with Crippen molar-refractivity contribution in [2.75, 3.05) is 44.5 Å². The minimum atomic E-state index is -0.211. The maximum absolute atomic E-state index is 12.2. The van der Waals surface area contributed by atoms with Gasteiger partial charge >= 0.3 is 0 Å². The summed E-state index contributed by atoms with van der Waals surface area (Å²) in [5.41, 5.74) is 2.15. The number of hydrogen-bond donors (Lipinski definition) is 3. The molecule has 2 aromatic carbocycles. The number of terminal acetylenes is 1. The molecule has 29 heavy (non-hydrogen) atoms. The van der Waals surface area contributed by atoms with E-state index in [1.807, 2.05) is 24.3 Å². The summed E-state index contributed by atoms with van der Waals surface area (Å²) in [6.07, 6.45) is 6.19. The summed E-state index contributed by atoms with van der Waals surface area (Å²) in [7, 11) is 3.30. The van der Waals surface area contributed by atoms with Crippen molar-refractivity contribution in [1.82, 2.24) is 5.32 Å². The molecular weight excluding hydrogens is 368 g/mol. The van der Waals surface area contributed by atoms with E-state index >= 15 is 0 Å². The molecule has 0 atom stereocenters. The summed E-state index contributed by atoms with van der Waals surface area (Å²) in [4.78, 5) is 16.3. The topological polar surface area (TPSA) is 84.0 Å². The van der Waals surface area contributed by atoms with Gasteiger partial charge in [0.25, 0.3) is 0 Å². The number of benzene rings is 2. The Morgan fingerprint density at radius 1 is 1.10 bits per heavy atom. The van der Waals surface area contributed by atoms with Crippen molar-refractivity contribution >= 4 is 23.2 Å². The summed E-state index contributed by atoms with van der Waals surface area (Å²) in [6, 6.07) is 14.6. The van der Waals surface area contributed by atoms with Gasteiger partial charge in [-0.3, -0.25) is 9.79 Å². The smallest absolute Gasteiger partial charge is 0.243 e. The minimum absolute atomic E-state index is 0.0488. The molecule has 0 aliphatic heterocycles. The van der Waals surface area contributed by atoms with Crippen LogP contribution in [0.2, 0.25) is 0 Å². The summed E-state index contributed by atoms with van der Waals surface area (Å²) in [5, 5.41) is 8.90. The van der Waals surface area contributed by atoms with Gasteiger partial charge in [-0.1, -0.05) is 18.1 Å². The van der Waals surface area contributed by atoms with Gasteiger partial charge < -0.3 is 25.4 Å². The maximum Gasteiger partial charge on any atom is 0.243 e. The summed E-state index contributed by atoms with van der Waals surface area (Å²) >= 11 is 0. The number of rotatable bonds is 9. The summed E-state index contributed by atoms with van der Waals surface area (Å²) in [6.45, 7) is 1.28. The quantitative estimate of drug-likeness (QED) is 0.264. The van der Waals surface area contributed by atoms with Crippen LogP contribution in [-0.4, -0.2) is 45.8 Å². The highest BCUT2D eigenvalue weighted by molar-refractivity contribution is 5.99. The van der Waals surface area contributed by atoms with Crippen LogP contribution in [0.3, 0.4) is 0 Å². The number of aliphatic imine (C=N–C) groups is 1. The second-order valence-electron chi connectivity index (χ2n) is 6.05. The van der Waals surface area contributed by atoms with Crippen LogP contribution in [-0.2, 0) is 9.53 Å². The van der Waals surface area contributed by atoms with E-state index < -0.39 is 0 Å². The molecule has 0 fully saturated rings. The monoisotopic (exact) mass is 394 g/mol. The number of ether oxygens (including phenoxy) is 2. The van der Waals surface area contributed by atoms with Gasteiger partial charge in [-0.15, -0.1) is 6.42 Å². The average Bonchev–Trinajstić information content (AvgIpc) is 2.74. The lowest BCUT2D eigenvalue weighted by atomic mass is 10.2. The Hall–Kier alpha value is -3.50. The van der Waals surface area contributed by atoms with Gasteiger partial charge in [0.15, 0.2) is 5.96 Å². The molecule has 0 radical (unpaired) electrons. The van der Waals surface area contributed by atoms with Gasteiger partial charge in [0.2, 0.25) is 5.91 Å². The molecule has 0 unspecified atom stereocenters. The molecule has 7 heteroatoms. The fourth-order valence-electron chi connectivity index (χ4n) is 2.43. The van der Waals surface area contributed by atoms with Crippen molar-refractivity contribution in [2.24, 2.45) is 4.99 Å². The van der Waals surface area contributed by atoms with Crippen molar-refractivity contribution in [3.8, 4) is 18.1 Å². The van der Waals surface area contributed by atoms with Crippen molar-refractivity contribution in [3.05, 3.63) is 54.1 Å². The zero-order valence-electron chi connectivity index (χ0n) is 16.7. The van der Waals surface area contributed by atoms with E-state index in [4.69, 9.17) is 15.9 Å². The third-order valence-corrected chi connectivity index (χ3v) is 3.81. The number of nitrogens with one attached hydrogen (secondary N) is 3. The molecule has 0 aliphatic rings. The third kappa shape index (κ3) is 7.95. The van der Waals surface area contributed by atoms with Gasteiger partial charge in [0, 0.05) is 50.2 Å². The number of carbonyl (C=O) groups is 1. The van der Waals surface area contributed by atoms with Crippen molar-refractivity contribution in [2.45, 2.75) is 6.42 Å². The summed E-state index contributed by atoms with van der Waals surface area (Å²) in [5.74, 6) is 3.54. The first-order valence-electron chi connectivity index (χ1n) is 9.20. The molecule has 2 rings (SSSR count). The molecule has 2 aromatic rings. The van der Waals surface area contributed by atoms with Gasteiger partial charge in [-0.25, -0.2) is 0 Å². The zero-order valence-corrected chi connectivity index (χ0v) is 16.7. The Bertz CT molecular complexity index is 874.